The van der Waals surface area contributed by atoms with Crippen LogP contribution in [0.15, 0.2) is 24.3 Å². The van der Waals surface area contributed by atoms with Gasteiger partial charge in [-0.15, -0.1) is 0 Å². The van der Waals surface area contributed by atoms with E-state index in [1.54, 1.807) is 0 Å². The van der Waals surface area contributed by atoms with Crippen molar-refractivity contribution in [3.8, 4) is 0 Å². The average molecular weight is 207 g/mol. The van der Waals surface area contributed by atoms with Crippen LogP contribution in [-0.2, 0) is 0 Å². The summed E-state index contributed by atoms with van der Waals surface area (Å²) < 4.78 is 14.4. The van der Waals surface area contributed by atoms with Gasteiger partial charge in [-0.05, 0) is 30.9 Å². The molecular weight excluding hydrogens is 189 g/mol. The third kappa shape index (κ3) is 1.67. The normalized spacial score (nSPS) is 20.7. The lowest BCUT2D eigenvalue weighted by Crippen LogP contribution is -2.41. The maximum atomic E-state index is 14.4. The lowest BCUT2D eigenvalue weighted by atomic mass is 9.64. The lowest BCUT2D eigenvalue weighted by molar-refractivity contribution is 0.0280. The molecule has 1 aromatic carbocycles. The van der Waals surface area contributed by atoms with Crippen LogP contribution in [0.2, 0.25) is 0 Å². The summed E-state index contributed by atoms with van der Waals surface area (Å²) in [5, 5.41) is 0. The lowest BCUT2D eigenvalue weighted by Gasteiger charge is -2.44. The van der Waals surface area contributed by atoms with Gasteiger partial charge >= 0.3 is 0 Å². The molecule has 0 saturated heterocycles. The molecule has 1 nitrogen and oxygen atoms in total. The third-order valence-corrected chi connectivity index (χ3v) is 3.76. The Hall–Kier alpha value is -0.890. The van der Waals surface area contributed by atoms with E-state index in [2.05, 4.69) is 0 Å². The number of hydrogen-bond acceptors (Lipinski definition) is 1. The summed E-state index contributed by atoms with van der Waals surface area (Å²) in [7, 11) is 0. The fourth-order valence-corrected chi connectivity index (χ4v) is 2.39. The van der Waals surface area contributed by atoms with Gasteiger partial charge in [0.25, 0.3) is 0 Å². The predicted octanol–water partition coefficient (Wildman–Crippen LogP) is 3.13. The Morgan fingerprint density at radius 2 is 2.07 bits per heavy atom. The van der Waals surface area contributed by atoms with Crippen LogP contribution in [0.5, 0.6) is 0 Å². The van der Waals surface area contributed by atoms with Gasteiger partial charge < -0.3 is 5.73 Å². The van der Waals surface area contributed by atoms with E-state index in [0.29, 0.717) is 6.54 Å². The van der Waals surface area contributed by atoms with Gasteiger partial charge in [0.15, 0.2) is 0 Å². The number of alkyl halides is 1. The van der Waals surface area contributed by atoms with Gasteiger partial charge in [-0.1, -0.05) is 30.7 Å². The van der Waals surface area contributed by atoms with Gasteiger partial charge in [0.2, 0.25) is 0 Å². The average Bonchev–Trinajstić information content (AvgIpc) is 2.17. The van der Waals surface area contributed by atoms with Crippen molar-refractivity contribution in [3.05, 3.63) is 35.4 Å². The van der Waals surface area contributed by atoms with Gasteiger partial charge in [-0.2, -0.15) is 0 Å². The zero-order valence-electron chi connectivity index (χ0n) is 9.17. The number of aryl methyl sites for hydroxylation is 1. The fraction of sp³-hybridized carbons (Fsp3) is 0.538. The Morgan fingerprint density at radius 1 is 1.40 bits per heavy atom. The van der Waals surface area contributed by atoms with Crippen molar-refractivity contribution in [2.45, 2.75) is 32.4 Å². The second kappa shape index (κ2) is 3.93. The van der Waals surface area contributed by atoms with E-state index >= 15 is 0 Å². The molecule has 2 heteroatoms. The molecule has 0 aliphatic heterocycles. The molecular formula is C13H18FN. The number of halogens is 1. The monoisotopic (exact) mass is 207 g/mol. The van der Waals surface area contributed by atoms with Crippen LogP contribution in [0.1, 0.15) is 36.6 Å². The Bertz CT molecular complexity index is 339. The zero-order valence-corrected chi connectivity index (χ0v) is 9.17. The highest BCUT2D eigenvalue weighted by molar-refractivity contribution is 5.29. The molecule has 1 aliphatic carbocycles. The number of benzene rings is 1. The molecule has 0 aromatic heterocycles. The summed E-state index contributed by atoms with van der Waals surface area (Å²) in [6.45, 7) is 2.42. The highest BCUT2D eigenvalue weighted by Gasteiger charge is 2.44. The minimum absolute atomic E-state index is 0.272. The van der Waals surface area contributed by atoms with E-state index in [-0.39, 0.29) is 5.41 Å². The smallest absolute Gasteiger partial charge is 0.132 e. The van der Waals surface area contributed by atoms with Gasteiger partial charge in [-0.3, -0.25) is 0 Å². The summed E-state index contributed by atoms with van der Waals surface area (Å²) in [6.07, 6.45) is 2.08. The Balaban J connectivity index is 2.27. The van der Waals surface area contributed by atoms with Crippen LogP contribution < -0.4 is 5.73 Å². The maximum Gasteiger partial charge on any atom is 0.132 e. The topological polar surface area (TPSA) is 26.0 Å². The standard InChI is InChI=1S/C13H18FN/c1-10-5-2-3-6-11(10)12(14)13(9-15)7-4-8-13/h2-3,5-6,12H,4,7-9,15H2,1H3. The second-order valence-electron chi connectivity index (χ2n) is 4.64. The van der Waals surface area contributed by atoms with Gasteiger partial charge in [0, 0.05) is 12.0 Å². The summed E-state index contributed by atoms with van der Waals surface area (Å²) in [6, 6.07) is 7.69. The minimum atomic E-state index is -0.891. The van der Waals surface area contributed by atoms with Crippen molar-refractivity contribution in [2.75, 3.05) is 6.54 Å². The molecule has 0 heterocycles. The van der Waals surface area contributed by atoms with Crippen molar-refractivity contribution < 1.29 is 4.39 Å². The van der Waals surface area contributed by atoms with Crippen LogP contribution in [0.4, 0.5) is 4.39 Å². The molecule has 82 valence electrons. The number of rotatable bonds is 3. The Morgan fingerprint density at radius 3 is 2.53 bits per heavy atom. The van der Waals surface area contributed by atoms with E-state index in [9.17, 15) is 4.39 Å². The molecule has 1 aliphatic rings. The second-order valence-corrected chi connectivity index (χ2v) is 4.64. The predicted molar refractivity (Wildman–Crippen MR) is 60.4 cm³/mol. The Kier molecular flexibility index (Phi) is 2.79. The van der Waals surface area contributed by atoms with E-state index in [1.165, 1.54) is 0 Å². The fourth-order valence-electron chi connectivity index (χ4n) is 2.39. The van der Waals surface area contributed by atoms with Crippen LogP contribution in [-0.4, -0.2) is 6.54 Å². The van der Waals surface area contributed by atoms with Gasteiger partial charge in [-0.25, -0.2) is 4.39 Å². The quantitative estimate of drug-likeness (QED) is 0.809. The minimum Gasteiger partial charge on any atom is -0.330 e. The molecule has 1 atom stereocenters. The largest absolute Gasteiger partial charge is 0.330 e. The molecule has 1 fully saturated rings. The first kappa shape index (κ1) is 10.6. The van der Waals surface area contributed by atoms with Crippen molar-refractivity contribution in [1.82, 2.24) is 0 Å². The van der Waals surface area contributed by atoms with Gasteiger partial charge in [0.05, 0.1) is 0 Å². The summed E-state index contributed by atoms with van der Waals surface area (Å²) in [5.74, 6) is 0. The molecule has 1 aromatic rings. The van der Waals surface area contributed by atoms with Crippen LogP contribution in [0.25, 0.3) is 0 Å². The van der Waals surface area contributed by atoms with Crippen LogP contribution in [0, 0.1) is 12.3 Å². The molecule has 2 N–H and O–H groups in total. The SMILES string of the molecule is Cc1ccccc1C(F)C1(CN)CCC1. The van der Waals surface area contributed by atoms with Crippen LogP contribution >= 0.6 is 0 Å². The van der Waals surface area contributed by atoms with E-state index < -0.39 is 6.17 Å². The zero-order chi connectivity index (χ0) is 10.9. The first-order valence-corrected chi connectivity index (χ1v) is 5.59. The number of hydrogen-bond donors (Lipinski definition) is 1. The first-order valence-electron chi connectivity index (χ1n) is 5.59. The van der Waals surface area contributed by atoms with Crippen LogP contribution in [0.3, 0.4) is 0 Å². The highest BCUT2D eigenvalue weighted by Crippen LogP contribution is 2.51. The molecule has 0 amide bonds. The summed E-state index contributed by atoms with van der Waals surface area (Å²) >= 11 is 0. The molecule has 15 heavy (non-hydrogen) atoms. The third-order valence-electron chi connectivity index (χ3n) is 3.76. The summed E-state index contributed by atoms with van der Waals surface area (Å²) in [4.78, 5) is 0. The summed E-state index contributed by atoms with van der Waals surface area (Å²) in [5.41, 5.74) is 7.30. The molecule has 1 saturated carbocycles. The van der Waals surface area contributed by atoms with Crippen molar-refractivity contribution in [1.29, 1.82) is 0 Å². The maximum absolute atomic E-state index is 14.4. The molecule has 2 rings (SSSR count). The first-order chi connectivity index (χ1) is 7.19. The van der Waals surface area contributed by atoms with E-state index in [4.69, 9.17) is 5.73 Å². The highest BCUT2D eigenvalue weighted by atomic mass is 19.1. The molecule has 0 radical (unpaired) electrons. The van der Waals surface area contributed by atoms with Crippen molar-refractivity contribution in [3.63, 3.8) is 0 Å². The van der Waals surface area contributed by atoms with Crippen molar-refractivity contribution in [2.24, 2.45) is 11.1 Å². The van der Waals surface area contributed by atoms with Crippen molar-refractivity contribution >= 4 is 0 Å². The molecule has 0 spiro atoms. The van der Waals surface area contributed by atoms with E-state index in [0.717, 1.165) is 30.4 Å². The Labute approximate surface area is 90.5 Å². The molecule has 0 bridgehead atoms. The van der Waals surface area contributed by atoms with Gasteiger partial charge in [0.1, 0.15) is 6.17 Å². The number of nitrogens with two attached hydrogens (primary N) is 1. The van der Waals surface area contributed by atoms with E-state index in [1.807, 2.05) is 31.2 Å². The molecule has 1 unspecified atom stereocenters.